The van der Waals surface area contributed by atoms with Gasteiger partial charge in [-0.05, 0) is 19.3 Å². The Kier molecular flexibility index (Phi) is 4.91. The Balaban J connectivity index is 4.31. The van der Waals surface area contributed by atoms with Gasteiger partial charge in [0.1, 0.15) is 6.04 Å². The molecule has 0 radical (unpaired) electrons. The highest BCUT2D eigenvalue weighted by atomic mass is 16.4. The standard InChI is InChI=1S/C10H17NO3/c1-6(2)5-8(10(13)14)11-9(12)7(3)4/h6,8H,3,5H2,1-2,4H3,(H,11,12)(H,13,14)/t8-/m1/s1. The Labute approximate surface area is 84.0 Å². The molecule has 0 aromatic carbocycles. The van der Waals surface area contributed by atoms with Gasteiger partial charge < -0.3 is 10.4 Å². The van der Waals surface area contributed by atoms with Gasteiger partial charge in [-0.15, -0.1) is 0 Å². The summed E-state index contributed by atoms with van der Waals surface area (Å²) >= 11 is 0. The van der Waals surface area contributed by atoms with E-state index in [-0.39, 0.29) is 5.92 Å². The molecule has 0 aliphatic heterocycles. The summed E-state index contributed by atoms with van der Waals surface area (Å²) in [7, 11) is 0. The second-order valence-corrected chi connectivity index (χ2v) is 3.77. The zero-order chi connectivity index (χ0) is 11.3. The lowest BCUT2D eigenvalue weighted by Crippen LogP contribution is -2.41. The predicted octanol–water partition coefficient (Wildman–Crippen LogP) is 1.18. The van der Waals surface area contributed by atoms with Gasteiger partial charge in [-0.3, -0.25) is 4.79 Å². The van der Waals surface area contributed by atoms with Crippen LogP contribution < -0.4 is 5.32 Å². The largest absolute Gasteiger partial charge is 0.480 e. The van der Waals surface area contributed by atoms with E-state index in [1.54, 1.807) is 6.92 Å². The number of carboxylic acids is 1. The fraction of sp³-hybridized carbons (Fsp3) is 0.600. The first-order valence-corrected chi connectivity index (χ1v) is 4.53. The molecule has 0 fully saturated rings. The van der Waals surface area contributed by atoms with Crippen molar-refractivity contribution >= 4 is 11.9 Å². The van der Waals surface area contributed by atoms with E-state index in [1.165, 1.54) is 0 Å². The van der Waals surface area contributed by atoms with Crippen LogP contribution in [0.25, 0.3) is 0 Å². The van der Waals surface area contributed by atoms with E-state index in [0.717, 1.165) is 0 Å². The molecule has 80 valence electrons. The first-order valence-electron chi connectivity index (χ1n) is 4.53. The number of rotatable bonds is 5. The highest BCUT2D eigenvalue weighted by Crippen LogP contribution is 2.05. The molecule has 4 heteroatoms. The van der Waals surface area contributed by atoms with E-state index in [4.69, 9.17) is 5.11 Å². The number of nitrogens with one attached hydrogen (secondary N) is 1. The van der Waals surface area contributed by atoms with Gasteiger partial charge in [-0.1, -0.05) is 20.4 Å². The predicted molar refractivity (Wildman–Crippen MR) is 53.8 cm³/mol. The van der Waals surface area contributed by atoms with Crippen LogP contribution in [0, 0.1) is 5.92 Å². The first-order chi connectivity index (χ1) is 6.34. The van der Waals surface area contributed by atoms with Crippen LogP contribution >= 0.6 is 0 Å². The molecule has 0 aromatic rings. The quantitative estimate of drug-likeness (QED) is 0.653. The van der Waals surface area contributed by atoms with Gasteiger partial charge in [0.25, 0.3) is 0 Å². The van der Waals surface area contributed by atoms with Gasteiger partial charge >= 0.3 is 5.97 Å². The summed E-state index contributed by atoms with van der Waals surface area (Å²) in [6.45, 7) is 8.80. The van der Waals surface area contributed by atoms with Crippen molar-refractivity contribution in [2.75, 3.05) is 0 Å². The zero-order valence-electron chi connectivity index (χ0n) is 8.83. The average Bonchev–Trinajstić information content (AvgIpc) is 2.01. The van der Waals surface area contributed by atoms with Crippen molar-refractivity contribution in [2.24, 2.45) is 5.92 Å². The SMILES string of the molecule is C=C(C)C(=O)N[C@H](CC(C)C)C(=O)O. The molecule has 0 aromatic heterocycles. The van der Waals surface area contributed by atoms with Crippen molar-refractivity contribution in [3.63, 3.8) is 0 Å². The Morgan fingerprint density at radius 3 is 2.21 bits per heavy atom. The lowest BCUT2D eigenvalue weighted by Gasteiger charge is -2.16. The lowest BCUT2D eigenvalue weighted by molar-refractivity contribution is -0.141. The van der Waals surface area contributed by atoms with Crippen LogP contribution in [-0.4, -0.2) is 23.0 Å². The summed E-state index contributed by atoms with van der Waals surface area (Å²) in [4.78, 5) is 21.9. The summed E-state index contributed by atoms with van der Waals surface area (Å²) in [6, 6.07) is -0.820. The minimum absolute atomic E-state index is 0.224. The third kappa shape index (κ3) is 4.64. The molecular formula is C10H17NO3. The maximum atomic E-state index is 11.2. The number of carbonyl (C=O) groups is 2. The third-order valence-corrected chi connectivity index (χ3v) is 1.70. The van der Waals surface area contributed by atoms with Crippen molar-refractivity contribution in [3.8, 4) is 0 Å². The van der Waals surface area contributed by atoms with Crippen LogP contribution in [0.3, 0.4) is 0 Å². The molecule has 1 amide bonds. The van der Waals surface area contributed by atoms with E-state index >= 15 is 0 Å². The minimum Gasteiger partial charge on any atom is -0.480 e. The van der Waals surface area contributed by atoms with E-state index < -0.39 is 17.9 Å². The van der Waals surface area contributed by atoms with Gasteiger partial charge in [-0.2, -0.15) is 0 Å². The lowest BCUT2D eigenvalue weighted by atomic mass is 10.0. The molecule has 0 saturated carbocycles. The van der Waals surface area contributed by atoms with Gasteiger partial charge in [-0.25, -0.2) is 4.79 Å². The van der Waals surface area contributed by atoms with Crippen molar-refractivity contribution in [3.05, 3.63) is 12.2 Å². The normalized spacial score (nSPS) is 12.3. The number of hydrogen-bond donors (Lipinski definition) is 2. The number of carbonyl (C=O) groups excluding carboxylic acids is 1. The van der Waals surface area contributed by atoms with Crippen LogP contribution in [0.4, 0.5) is 0 Å². The molecule has 0 aliphatic rings. The Morgan fingerprint density at radius 1 is 1.43 bits per heavy atom. The monoisotopic (exact) mass is 199 g/mol. The van der Waals surface area contributed by atoms with Gasteiger partial charge in [0, 0.05) is 5.57 Å². The van der Waals surface area contributed by atoms with Gasteiger partial charge in [0.05, 0.1) is 0 Å². The molecule has 0 rings (SSSR count). The van der Waals surface area contributed by atoms with Gasteiger partial charge in [0.15, 0.2) is 0 Å². The highest BCUT2D eigenvalue weighted by Gasteiger charge is 2.20. The molecule has 0 aliphatic carbocycles. The first kappa shape index (κ1) is 12.7. The molecule has 0 spiro atoms. The van der Waals surface area contributed by atoms with Crippen molar-refractivity contribution in [1.29, 1.82) is 0 Å². The minimum atomic E-state index is -1.01. The summed E-state index contributed by atoms with van der Waals surface area (Å²) in [5.74, 6) is -1.19. The average molecular weight is 199 g/mol. The summed E-state index contributed by atoms with van der Waals surface area (Å²) < 4.78 is 0. The van der Waals surface area contributed by atoms with Crippen LogP contribution in [0.15, 0.2) is 12.2 Å². The fourth-order valence-corrected chi connectivity index (χ4v) is 0.974. The van der Waals surface area contributed by atoms with E-state index in [9.17, 15) is 9.59 Å². The summed E-state index contributed by atoms with van der Waals surface area (Å²) in [5, 5.41) is 11.2. The van der Waals surface area contributed by atoms with E-state index in [0.29, 0.717) is 12.0 Å². The molecule has 0 unspecified atom stereocenters. The Morgan fingerprint density at radius 2 is 1.93 bits per heavy atom. The van der Waals surface area contributed by atoms with Gasteiger partial charge in [0.2, 0.25) is 5.91 Å². The topological polar surface area (TPSA) is 66.4 Å². The smallest absolute Gasteiger partial charge is 0.326 e. The zero-order valence-corrected chi connectivity index (χ0v) is 8.83. The molecule has 0 bridgehead atoms. The summed E-state index contributed by atoms with van der Waals surface area (Å²) in [6.07, 6.45) is 0.425. The maximum absolute atomic E-state index is 11.2. The van der Waals surface area contributed by atoms with Crippen molar-refractivity contribution < 1.29 is 14.7 Å². The van der Waals surface area contributed by atoms with Crippen LogP contribution in [0.2, 0.25) is 0 Å². The summed E-state index contributed by atoms with van der Waals surface area (Å²) in [5.41, 5.74) is 0.319. The van der Waals surface area contributed by atoms with E-state index in [1.807, 2.05) is 13.8 Å². The molecule has 14 heavy (non-hydrogen) atoms. The van der Waals surface area contributed by atoms with Crippen LogP contribution in [0.1, 0.15) is 27.2 Å². The van der Waals surface area contributed by atoms with Crippen molar-refractivity contribution in [2.45, 2.75) is 33.2 Å². The van der Waals surface area contributed by atoms with Crippen molar-refractivity contribution in [1.82, 2.24) is 5.32 Å². The molecule has 2 N–H and O–H groups in total. The number of carboxylic acid groups (broad SMARTS) is 1. The fourth-order valence-electron chi connectivity index (χ4n) is 0.974. The second-order valence-electron chi connectivity index (χ2n) is 3.77. The molecule has 4 nitrogen and oxygen atoms in total. The molecule has 0 heterocycles. The second kappa shape index (κ2) is 5.42. The highest BCUT2D eigenvalue weighted by molar-refractivity contribution is 5.94. The van der Waals surface area contributed by atoms with Crippen LogP contribution in [0.5, 0.6) is 0 Å². The number of amides is 1. The Hall–Kier alpha value is -1.32. The van der Waals surface area contributed by atoms with E-state index in [2.05, 4.69) is 11.9 Å². The molecular weight excluding hydrogens is 182 g/mol. The van der Waals surface area contributed by atoms with Crippen LogP contribution in [-0.2, 0) is 9.59 Å². The third-order valence-electron chi connectivity index (χ3n) is 1.70. The molecule has 0 saturated heterocycles. The Bertz CT molecular complexity index is 246. The molecule has 1 atom stereocenters. The number of hydrogen-bond acceptors (Lipinski definition) is 2. The number of aliphatic carboxylic acids is 1. The maximum Gasteiger partial charge on any atom is 0.326 e.